The number of nitrogens with zero attached hydrogens (tertiary/aromatic N) is 2. The molecule has 1 aromatic rings. The Hall–Kier alpha value is -1.79. The number of likely N-dealkylation sites (N-methyl/N-ethyl adjacent to an activating group) is 1. The highest BCUT2D eigenvalue weighted by Gasteiger charge is 2.14. The van der Waals surface area contributed by atoms with Crippen LogP contribution in [0.4, 0.5) is 5.69 Å². The van der Waals surface area contributed by atoms with Gasteiger partial charge in [-0.25, -0.2) is 0 Å². The highest BCUT2D eigenvalue weighted by atomic mass is 16.5. The van der Waals surface area contributed by atoms with Crippen molar-refractivity contribution in [2.75, 3.05) is 58.5 Å². The predicted molar refractivity (Wildman–Crippen MR) is 103 cm³/mol. The molecular formula is C19H32N4O2. The quantitative estimate of drug-likeness (QED) is 0.384. The summed E-state index contributed by atoms with van der Waals surface area (Å²) in [6.07, 6.45) is 3.56. The van der Waals surface area contributed by atoms with Crippen LogP contribution in [0.3, 0.4) is 0 Å². The van der Waals surface area contributed by atoms with Crippen molar-refractivity contribution in [2.24, 2.45) is 4.99 Å². The number of hydrogen-bond acceptors (Lipinski definition) is 4. The van der Waals surface area contributed by atoms with Gasteiger partial charge in [0.05, 0.1) is 12.7 Å². The van der Waals surface area contributed by atoms with Crippen LogP contribution in [0, 0.1) is 0 Å². The molecule has 1 aliphatic rings. The third-order valence-electron chi connectivity index (χ3n) is 4.25. The Morgan fingerprint density at radius 1 is 1.28 bits per heavy atom. The van der Waals surface area contributed by atoms with E-state index in [4.69, 9.17) is 9.47 Å². The number of hydrogen-bond donors (Lipinski definition) is 2. The molecule has 1 atom stereocenters. The van der Waals surface area contributed by atoms with Crippen LogP contribution in [0.2, 0.25) is 0 Å². The number of ether oxygens (including phenoxy) is 2. The summed E-state index contributed by atoms with van der Waals surface area (Å²) in [5.41, 5.74) is 1.22. The average Bonchev–Trinajstić information content (AvgIpc) is 3.17. The molecule has 6 heteroatoms. The van der Waals surface area contributed by atoms with Crippen molar-refractivity contribution in [3.8, 4) is 0 Å². The van der Waals surface area contributed by atoms with Gasteiger partial charge in [0, 0.05) is 52.6 Å². The van der Waals surface area contributed by atoms with E-state index in [1.807, 2.05) is 6.07 Å². The standard InChI is InChI=1S/C19H32N4O2/c1-20-19(21-11-7-14-24-16-18-10-6-15-25-18)22-12-13-23(2)17-8-4-3-5-9-17/h3-5,8-9,18H,6-7,10-16H2,1-2H3,(H2,20,21,22). The summed E-state index contributed by atoms with van der Waals surface area (Å²) in [7, 11) is 3.89. The molecule has 1 heterocycles. The Kier molecular flexibility index (Phi) is 9.15. The Morgan fingerprint density at radius 3 is 2.80 bits per heavy atom. The van der Waals surface area contributed by atoms with E-state index in [1.165, 1.54) is 5.69 Å². The van der Waals surface area contributed by atoms with Crippen LogP contribution in [0.5, 0.6) is 0 Å². The van der Waals surface area contributed by atoms with Crippen LogP contribution in [0.1, 0.15) is 19.3 Å². The second kappa shape index (κ2) is 11.7. The van der Waals surface area contributed by atoms with E-state index in [2.05, 4.69) is 51.8 Å². The molecular weight excluding hydrogens is 316 g/mol. The molecule has 25 heavy (non-hydrogen) atoms. The number of anilines is 1. The summed E-state index contributed by atoms with van der Waals surface area (Å²) in [4.78, 5) is 6.47. The minimum Gasteiger partial charge on any atom is -0.379 e. The number of guanidine groups is 1. The Bertz CT molecular complexity index is 489. The van der Waals surface area contributed by atoms with Gasteiger partial charge < -0.3 is 25.0 Å². The first kappa shape index (κ1) is 19.5. The van der Waals surface area contributed by atoms with Gasteiger partial charge in [-0.2, -0.15) is 0 Å². The summed E-state index contributed by atoms with van der Waals surface area (Å²) in [5.74, 6) is 0.834. The van der Waals surface area contributed by atoms with E-state index in [1.54, 1.807) is 7.05 Å². The topological polar surface area (TPSA) is 58.1 Å². The number of para-hydroxylation sites is 1. The minimum absolute atomic E-state index is 0.309. The normalized spacial score (nSPS) is 17.5. The summed E-state index contributed by atoms with van der Waals surface area (Å²) < 4.78 is 11.2. The molecule has 0 saturated carbocycles. The monoisotopic (exact) mass is 348 g/mol. The van der Waals surface area contributed by atoms with Gasteiger partial charge in [0.15, 0.2) is 5.96 Å². The molecule has 1 unspecified atom stereocenters. The molecule has 0 spiro atoms. The fourth-order valence-corrected chi connectivity index (χ4v) is 2.75. The van der Waals surface area contributed by atoms with Gasteiger partial charge in [0.25, 0.3) is 0 Å². The first-order valence-corrected chi connectivity index (χ1v) is 9.19. The summed E-state index contributed by atoms with van der Waals surface area (Å²) in [6, 6.07) is 10.4. The molecule has 1 aliphatic heterocycles. The average molecular weight is 348 g/mol. The number of nitrogens with one attached hydrogen (secondary N) is 2. The first-order valence-electron chi connectivity index (χ1n) is 9.19. The SMILES string of the molecule is CN=C(NCCCOCC1CCCO1)NCCN(C)c1ccccc1. The van der Waals surface area contributed by atoms with Crippen LogP contribution in [0.25, 0.3) is 0 Å². The van der Waals surface area contributed by atoms with E-state index in [-0.39, 0.29) is 0 Å². The largest absolute Gasteiger partial charge is 0.379 e. The van der Waals surface area contributed by atoms with Crippen molar-refractivity contribution < 1.29 is 9.47 Å². The second-order valence-electron chi connectivity index (χ2n) is 6.25. The van der Waals surface area contributed by atoms with Gasteiger partial charge in [0.1, 0.15) is 0 Å². The number of benzene rings is 1. The molecule has 0 amide bonds. The summed E-state index contributed by atoms with van der Waals surface area (Å²) in [5, 5.41) is 6.66. The lowest BCUT2D eigenvalue weighted by Gasteiger charge is -2.20. The van der Waals surface area contributed by atoms with E-state index >= 15 is 0 Å². The lowest BCUT2D eigenvalue weighted by atomic mass is 10.2. The Labute approximate surface area is 151 Å². The lowest BCUT2D eigenvalue weighted by Crippen LogP contribution is -2.41. The smallest absolute Gasteiger partial charge is 0.191 e. The molecule has 0 aromatic heterocycles. The van der Waals surface area contributed by atoms with Gasteiger partial charge in [-0.1, -0.05) is 18.2 Å². The van der Waals surface area contributed by atoms with Crippen LogP contribution >= 0.6 is 0 Å². The zero-order chi connectivity index (χ0) is 17.7. The maximum absolute atomic E-state index is 5.66. The van der Waals surface area contributed by atoms with E-state index < -0.39 is 0 Å². The van der Waals surface area contributed by atoms with Crippen LogP contribution in [0.15, 0.2) is 35.3 Å². The molecule has 1 fully saturated rings. The van der Waals surface area contributed by atoms with Crippen molar-refractivity contribution in [3.05, 3.63) is 30.3 Å². The van der Waals surface area contributed by atoms with Gasteiger partial charge >= 0.3 is 0 Å². The van der Waals surface area contributed by atoms with Crippen molar-refractivity contribution in [2.45, 2.75) is 25.4 Å². The van der Waals surface area contributed by atoms with Crippen molar-refractivity contribution in [1.29, 1.82) is 0 Å². The molecule has 0 aliphatic carbocycles. The van der Waals surface area contributed by atoms with E-state index in [0.29, 0.717) is 6.10 Å². The molecule has 2 N–H and O–H groups in total. The fraction of sp³-hybridized carbons (Fsp3) is 0.632. The van der Waals surface area contributed by atoms with Crippen molar-refractivity contribution in [3.63, 3.8) is 0 Å². The zero-order valence-corrected chi connectivity index (χ0v) is 15.5. The second-order valence-corrected chi connectivity index (χ2v) is 6.25. The molecule has 1 saturated heterocycles. The molecule has 0 radical (unpaired) electrons. The highest BCUT2D eigenvalue weighted by Crippen LogP contribution is 2.12. The van der Waals surface area contributed by atoms with Gasteiger partial charge in [-0.15, -0.1) is 0 Å². The molecule has 2 rings (SSSR count). The van der Waals surface area contributed by atoms with E-state index in [9.17, 15) is 0 Å². The number of aliphatic imine (C=N–C) groups is 1. The third kappa shape index (κ3) is 7.75. The van der Waals surface area contributed by atoms with Gasteiger partial charge in [-0.05, 0) is 31.4 Å². The van der Waals surface area contributed by atoms with Crippen LogP contribution < -0.4 is 15.5 Å². The van der Waals surface area contributed by atoms with Gasteiger partial charge in [0.2, 0.25) is 0 Å². The Morgan fingerprint density at radius 2 is 2.08 bits per heavy atom. The van der Waals surface area contributed by atoms with Crippen LogP contribution in [-0.4, -0.2) is 65.6 Å². The third-order valence-corrected chi connectivity index (χ3v) is 4.25. The molecule has 6 nitrogen and oxygen atoms in total. The molecule has 0 bridgehead atoms. The van der Waals surface area contributed by atoms with Crippen molar-refractivity contribution in [1.82, 2.24) is 10.6 Å². The summed E-state index contributed by atoms with van der Waals surface area (Å²) >= 11 is 0. The van der Waals surface area contributed by atoms with Gasteiger partial charge in [-0.3, -0.25) is 4.99 Å². The maximum Gasteiger partial charge on any atom is 0.191 e. The highest BCUT2D eigenvalue weighted by molar-refractivity contribution is 5.79. The molecule has 1 aromatic carbocycles. The lowest BCUT2D eigenvalue weighted by molar-refractivity contribution is 0.0168. The summed E-state index contributed by atoms with van der Waals surface area (Å²) in [6.45, 7) is 4.95. The Balaban J connectivity index is 1.50. The number of rotatable bonds is 10. The zero-order valence-electron chi connectivity index (χ0n) is 15.5. The van der Waals surface area contributed by atoms with Crippen molar-refractivity contribution >= 4 is 11.6 Å². The first-order chi connectivity index (χ1) is 12.3. The maximum atomic E-state index is 5.66. The minimum atomic E-state index is 0.309. The molecule has 140 valence electrons. The van der Waals surface area contributed by atoms with E-state index in [0.717, 1.165) is 64.7 Å². The predicted octanol–water partition coefficient (Wildman–Crippen LogP) is 1.87. The van der Waals surface area contributed by atoms with Crippen LogP contribution in [-0.2, 0) is 9.47 Å². The fourth-order valence-electron chi connectivity index (χ4n) is 2.75.